The van der Waals surface area contributed by atoms with Crippen molar-refractivity contribution in [1.82, 2.24) is 14.8 Å². The SMILES string of the molecule is COC1(OC)CC(c2cccc(Br)c2)(c2nncn2C)C1. The number of nitrogens with zero attached hydrogens (tertiary/aromatic N) is 3. The molecule has 0 spiro atoms. The summed E-state index contributed by atoms with van der Waals surface area (Å²) in [6.45, 7) is 0. The topological polar surface area (TPSA) is 49.2 Å². The van der Waals surface area contributed by atoms with E-state index in [4.69, 9.17) is 9.47 Å². The molecule has 5 nitrogen and oxygen atoms in total. The number of hydrogen-bond donors (Lipinski definition) is 0. The summed E-state index contributed by atoms with van der Waals surface area (Å²) in [6, 6.07) is 8.31. The maximum atomic E-state index is 5.58. The Morgan fingerprint density at radius 1 is 1.24 bits per heavy atom. The Hall–Kier alpha value is -1.24. The number of halogens is 1. The molecule has 0 bridgehead atoms. The zero-order chi connectivity index (χ0) is 15.1. The highest BCUT2D eigenvalue weighted by Crippen LogP contribution is 2.55. The molecule has 2 aromatic rings. The average Bonchev–Trinajstić information content (AvgIpc) is 2.86. The molecule has 1 aliphatic rings. The molecule has 1 aromatic carbocycles. The van der Waals surface area contributed by atoms with E-state index in [-0.39, 0.29) is 5.41 Å². The van der Waals surface area contributed by atoms with Crippen molar-refractivity contribution < 1.29 is 9.47 Å². The second-order valence-electron chi connectivity index (χ2n) is 5.53. The van der Waals surface area contributed by atoms with Crippen LogP contribution < -0.4 is 0 Å². The van der Waals surface area contributed by atoms with Gasteiger partial charge in [0.2, 0.25) is 0 Å². The number of ether oxygens (including phenoxy) is 2. The molecule has 1 aromatic heterocycles. The van der Waals surface area contributed by atoms with Crippen LogP contribution in [0.5, 0.6) is 0 Å². The molecule has 1 aliphatic carbocycles. The summed E-state index contributed by atoms with van der Waals surface area (Å²) in [6.07, 6.45) is 3.17. The lowest BCUT2D eigenvalue weighted by molar-refractivity contribution is -0.273. The quantitative estimate of drug-likeness (QED) is 0.794. The van der Waals surface area contributed by atoms with E-state index in [1.54, 1.807) is 20.5 Å². The molecule has 112 valence electrons. The minimum absolute atomic E-state index is 0.235. The van der Waals surface area contributed by atoms with Crippen LogP contribution in [0.15, 0.2) is 35.1 Å². The highest BCUT2D eigenvalue weighted by atomic mass is 79.9. The Bertz CT molecular complexity index is 644. The molecular weight excluding hydrogens is 334 g/mol. The predicted molar refractivity (Wildman–Crippen MR) is 81.9 cm³/mol. The maximum absolute atomic E-state index is 5.58. The standard InChI is InChI=1S/C15H18BrN3O2/c1-19-10-17-18-13(19)14(8-15(9-14,20-2)21-3)11-5-4-6-12(16)7-11/h4-7,10H,8-9H2,1-3H3. The van der Waals surface area contributed by atoms with Gasteiger partial charge in [0.25, 0.3) is 0 Å². The third-order valence-corrected chi connectivity index (χ3v) is 4.90. The molecule has 0 N–H and O–H groups in total. The molecule has 0 saturated heterocycles. The summed E-state index contributed by atoms with van der Waals surface area (Å²) >= 11 is 3.55. The summed E-state index contributed by atoms with van der Waals surface area (Å²) in [7, 11) is 5.34. The molecule has 0 aliphatic heterocycles. The molecule has 1 heterocycles. The van der Waals surface area contributed by atoms with Gasteiger partial charge in [0, 0.05) is 38.6 Å². The van der Waals surface area contributed by atoms with Gasteiger partial charge in [0.15, 0.2) is 5.79 Å². The summed E-state index contributed by atoms with van der Waals surface area (Å²) in [5.41, 5.74) is 0.957. The molecule has 0 amide bonds. The Morgan fingerprint density at radius 2 is 1.95 bits per heavy atom. The van der Waals surface area contributed by atoms with Crippen LogP contribution in [0.3, 0.4) is 0 Å². The van der Waals surface area contributed by atoms with Crippen LogP contribution in [-0.4, -0.2) is 34.8 Å². The fourth-order valence-electron chi connectivity index (χ4n) is 3.23. The number of methoxy groups -OCH3 is 2. The molecule has 1 fully saturated rings. The van der Waals surface area contributed by atoms with E-state index in [0.717, 1.165) is 23.1 Å². The van der Waals surface area contributed by atoms with Crippen molar-refractivity contribution in [2.75, 3.05) is 14.2 Å². The zero-order valence-electron chi connectivity index (χ0n) is 12.3. The molecule has 0 unspecified atom stereocenters. The van der Waals surface area contributed by atoms with E-state index in [1.165, 1.54) is 5.56 Å². The number of benzene rings is 1. The summed E-state index contributed by atoms with van der Waals surface area (Å²) in [4.78, 5) is 0. The zero-order valence-corrected chi connectivity index (χ0v) is 13.9. The van der Waals surface area contributed by atoms with Crippen LogP contribution in [0, 0.1) is 0 Å². The third-order valence-electron chi connectivity index (χ3n) is 4.40. The van der Waals surface area contributed by atoms with E-state index in [0.29, 0.717) is 0 Å². The summed E-state index contributed by atoms with van der Waals surface area (Å²) in [5.74, 6) is 0.388. The van der Waals surface area contributed by atoms with Crippen molar-refractivity contribution in [1.29, 1.82) is 0 Å². The largest absolute Gasteiger partial charge is 0.353 e. The monoisotopic (exact) mass is 351 g/mol. The van der Waals surface area contributed by atoms with Gasteiger partial charge in [-0.3, -0.25) is 0 Å². The van der Waals surface area contributed by atoms with Crippen LogP contribution in [0.4, 0.5) is 0 Å². The van der Waals surface area contributed by atoms with E-state index in [2.05, 4.69) is 38.3 Å². The van der Waals surface area contributed by atoms with E-state index >= 15 is 0 Å². The third kappa shape index (κ3) is 2.22. The molecule has 21 heavy (non-hydrogen) atoms. The number of aryl methyl sites for hydroxylation is 1. The first-order valence-electron chi connectivity index (χ1n) is 6.76. The van der Waals surface area contributed by atoms with Crippen molar-refractivity contribution in [3.8, 4) is 0 Å². The van der Waals surface area contributed by atoms with Crippen molar-refractivity contribution in [3.05, 3.63) is 46.5 Å². The number of hydrogen-bond acceptors (Lipinski definition) is 4. The highest BCUT2D eigenvalue weighted by molar-refractivity contribution is 9.10. The summed E-state index contributed by atoms with van der Waals surface area (Å²) < 4.78 is 14.2. The second-order valence-corrected chi connectivity index (χ2v) is 6.45. The van der Waals surface area contributed by atoms with Crippen LogP contribution in [0.25, 0.3) is 0 Å². The molecule has 1 saturated carbocycles. The lowest BCUT2D eigenvalue weighted by Crippen LogP contribution is -2.58. The number of rotatable bonds is 4. The lowest BCUT2D eigenvalue weighted by Gasteiger charge is -2.53. The van der Waals surface area contributed by atoms with Crippen LogP contribution in [-0.2, 0) is 21.9 Å². The first-order chi connectivity index (χ1) is 10.1. The lowest BCUT2D eigenvalue weighted by atomic mass is 9.60. The van der Waals surface area contributed by atoms with Crippen LogP contribution in [0.2, 0.25) is 0 Å². The molecule has 6 heteroatoms. The van der Waals surface area contributed by atoms with Crippen molar-refractivity contribution in [2.45, 2.75) is 24.0 Å². The first-order valence-corrected chi connectivity index (χ1v) is 7.55. The van der Waals surface area contributed by atoms with Gasteiger partial charge >= 0.3 is 0 Å². The van der Waals surface area contributed by atoms with Gasteiger partial charge in [-0.2, -0.15) is 0 Å². The maximum Gasteiger partial charge on any atom is 0.170 e. The minimum atomic E-state index is -0.547. The van der Waals surface area contributed by atoms with Gasteiger partial charge in [-0.15, -0.1) is 10.2 Å². The molecule has 3 rings (SSSR count). The highest BCUT2D eigenvalue weighted by Gasteiger charge is 2.59. The second kappa shape index (κ2) is 5.19. The normalized spacial score (nSPS) is 19.2. The Morgan fingerprint density at radius 3 is 2.48 bits per heavy atom. The fourth-order valence-corrected chi connectivity index (χ4v) is 3.63. The van der Waals surface area contributed by atoms with Gasteiger partial charge in [0.1, 0.15) is 12.2 Å². The van der Waals surface area contributed by atoms with E-state index in [9.17, 15) is 0 Å². The van der Waals surface area contributed by atoms with E-state index < -0.39 is 5.79 Å². The Balaban J connectivity index is 2.08. The summed E-state index contributed by atoms with van der Waals surface area (Å²) in [5, 5.41) is 8.37. The predicted octanol–water partition coefficient (Wildman–Crippen LogP) is 2.65. The van der Waals surface area contributed by atoms with Crippen molar-refractivity contribution in [2.24, 2.45) is 7.05 Å². The van der Waals surface area contributed by atoms with Gasteiger partial charge in [-0.1, -0.05) is 28.1 Å². The molecule has 0 atom stereocenters. The van der Waals surface area contributed by atoms with Crippen LogP contribution >= 0.6 is 15.9 Å². The van der Waals surface area contributed by atoms with Crippen molar-refractivity contribution in [3.63, 3.8) is 0 Å². The first kappa shape index (κ1) is 14.7. The minimum Gasteiger partial charge on any atom is -0.353 e. The molecule has 0 radical (unpaired) electrons. The van der Waals surface area contributed by atoms with Gasteiger partial charge in [0.05, 0.1) is 5.41 Å². The average molecular weight is 352 g/mol. The van der Waals surface area contributed by atoms with Gasteiger partial charge in [-0.05, 0) is 17.7 Å². The van der Waals surface area contributed by atoms with Crippen LogP contribution in [0.1, 0.15) is 24.2 Å². The fraction of sp³-hybridized carbons (Fsp3) is 0.467. The van der Waals surface area contributed by atoms with E-state index in [1.807, 2.05) is 23.7 Å². The van der Waals surface area contributed by atoms with Gasteiger partial charge < -0.3 is 14.0 Å². The number of aromatic nitrogens is 3. The van der Waals surface area contributed by atoms with Gasteiger partial charge in [-0.25, -0.2) is 0 Å². The molecular formula is C15H18BrN3O2. The smallest absolute Gasteiger partial charge is 0.170 e. The Kier molecular flexibility index (Phi) is 3.63. The Labute approximate surface area is 132 Å². The van der Waals surface area contributed by atoms with Crippen molar-refractivity contribution >= 4 is 15.9 Å².